The van der Waals surface area contributed by atoms with Gasteiger partial charge in [0.2, 0.25) is 11.8 Å². The largest absolute Gasteiger partial charge is 0.484 e. The molecule has 0 radical (unpaired) electrons. The highest BCUT2D eigenvalue weighted by Crippen LogP contribution is 2.25. The average Bonchev–Trinajstić information content (AvgIpc) is 2.79. The molecule has 0 aliphatic heterocycles. The van der Waals surface area contributed by atoms with Crippen molar-refractivity contribution in [3.8, 4) is 11.6 Å². The molecule has 3 rings (SSSR count). The van der Waals surface area contributed by atoms with Crippen LogP contribution in [-0.2, 0) is 16.1 Å². The SMILES string of the molecule is O=C(COc1ccc(Cl)c(F)c1)NC1CCC(C(=O)NCc2ccc(OC(F)F)nc2)CC1. The molecule has 1 aliphatic carbocycles. The van der Waals surface area contributed by atoms with Gasteiger partial charge in [0.05, 0.1) is 5.02 Å². The fraction of sp³-hybridized carbons (Fsp3) is 0.409. The van der Waals surface area contributed by atoms with Crippen molar-refractivity contribution >= 4 is 23.4 Å². The quantitative estimate of drug-likeness (QED) is 0.563. The van der Waals surface area contributed by atoms with E-state index >= 15 is 0 Å². The minimum atomic E-state index is -2.94. The van der Waals surface area contributed by atoms with E-state index in [9.17, 15) is 22.8 Å². The van der Waals surface area contributed by atoms with Gasteiger partial charge in [-0.05, 0) is 43.4 Å². The van der Waals surface area contributed by atoms with Crippen molar-refractivity contribution < 1.29 is 32.2 Å². The lowest BCUT2D eigenvalue weighted by atomic mass is 9.85. The first-order valence-corrected chi connectivity index (χ1v) is 10.7. The van der Waals surface area contributed by atoms with E-state index in [2.05, 4.69) is 20.4 Å². The highest BCUT2D eigenvalue weighted by molar-refractivity contribution is 6.30. The van der Waals surface area contributed by atoms with Crippen LogP contribution in [0, 0.1) is 11.7 Å². The summed E-state index contributed by atoms with van der Waals surface area (Å²) in [5, 5.41) is 5.65. The van der Waals surface area contributed by atoms with Gasteiger partial charge in [0, 0.05) is 36.8 Å². The van der Waals surface area contributed by atoms with Gasteiger partial charge in [0.1, 0.15) is 11.6 Å². The maximum absolute atomic E-state index is 13.4. The van der Waals surface area contributed by atoms with Crippen molar-refractivity contribution in [1.29, 1.82) is 0 Å². The number of rotatable bonds is 9. The second-order valence-corrected chi connectivity index (χ2v) is 7.99. The lowest BCUT2D eigenvalue weighted by molar-refractivity contribution is -0.126. The molecule has 33 heavy (non-hydrogen) atoms. The minimum absolute atomic E-state index is 0.0263. The van der Waals surface area contributed by atoms with Crippen LogP contribution in [0.4, 0.5) is 13.2 Å². The van der Waals surface area contributed by atoms with Gasteiger partial charge in [0.15, 0.2) is 6.61 Å². The van der Waals surface area contributed by atoms with Crippen LogP contribution in [0.1, 0.15) is 31.2 Å². The summed E-state index contributed by atoms with van der Waals surface area (Å²) >= 11 is 5.61. The minimum Gasteiger partial charge on any atom is -0.484 e. The third-order valence-corrected chi connectivity index (χ3v) is 5.50. The standard InChI is InChI=1S/C22H23ClF3N3O4/c23-17-7-6-16(9-18(17)24)32-12-19(30)29-15-4-2-14(3-5-15)21(31)28-11-13-1-8-20(27-10-13)33-22(25)26/h1,6-10,14-15,22H,2-5,11-12H2,(H,28,31)(H,29,30). The molecule has 0 unspecified atom stereocenters. The molecule has 178 valence electrons. The van der Waals surface area contributed by atoms with Crippen LogP contribution in [-0.4, -0.2) is 36.1 Å². The molecule has 2 aromatic rings. The molecule has 2 N–H and O–H groups in total. The first kappa shape index (κ1) is 24.6. The molecule has 11 heteroatoms. The number of halogens is 4. The molecule has 1 saturated carbocycles. The number of hydrogen-bond donors (Lipinski definition) is 2. The molecule has 1 heterocycles. The Labute approximate surface area is 193 Å². The molecule has 1 aliphatic rings. The molecule has 0 spiro atoms. The number of aromatic nitrogens is 1. The maximum Gasteiger partial charge on any atom is 0.388 e. The third kappa shape index (κ3) is 7.81. The Bertz CT molecular complexity index is 954. The first-order chi connectivity index (χ1) is 15.8. The molecule has 0 atom stereocenters. The van der Waals surface area contributed by atoms with E-state index in [1.807, 2.05) is 0 Å². The van der Waals surface area contributed by atoms with Gasteiger partial charge in [-0.1, -0.05) is 17.7 Å². The first-order valence-electron chi connectivity index (χ1n) is 10.3. The Morgan fingerprint density at radius 3 is 2.55 bits per heavy atom. The number of pyridine rings is 1. The van der Waals surface area contributed by atoms with Crippen molar-refractivity contribution in [3.05, 3.63) is 52.9 Å². The fourth-order valence-electron chi connectivity index (χ4n) is 3.49. The van der Waals surface area contributed by atoms with Crippen LogP contribution in [0.3, 0.4) is 0 Å². The normalized spacial score (nSPS) is 18.0. The number of ether oxygens (including phenoxy) is 2. The zero-order valence-electron chi connectivity index (χ0n) is 17.5. The van der Waals surface area contributed by atoms with Crippen LogP contribution in [0.15, 0.2) is 36.5 Å². The monoisotopic (exact) mass is 485 g/mol. The summed E-state index contributed by atoms with van der Waals surface area (Å²) in [5.74, 6) is -1.23. The topological polar surface area (TPSA) is 89.5 Å². The number of hydrogen-bond acceptors (Lipinski definition) is 5. The number of carbonyl (C=O) groups is 2. The number of carbonyl (C=O) groups excluding carboxylic acids is 2. The lowest BCUT2D eigenvalue weighted by Gasteiger charge is -2.28. The second kappa shape index (κ2) is 11.7. The van der Waals surface area contributed by atoms with E-state index in [0.717, 1.165) is 6.07 Å². The smallest absolute Gasteiger partial charge is 0.388 e. The van der Waals surface area contributed by atoms with Gasteiger partial charge in [-0.3, -0.25) is 9.59 Å². The van der Waals surface area contributed by atoms with Crippen LogP contribution in [0.5, 0.6) is 11.6 Å². The maximum atomic E-state index is 13.4. The summed E-state index contributed by atoms with van der Waals surface area (Å²) in [6.07, 6.45) is 3.87. The Morgan fingerprint density at radius 1 is 1.15 bits per heavy atom. The summed E-state index contributed by atoms with van der Waals surface area (Å²) in [5.41, 5.74) is 0.659. The van der Waals surface area contributed by atoms with Gasteiger partial charge >= 0.3 is 6.61 Å². The third-order valence-electron chi connectivity index (χ3n) is 5.20. The zero-order chi connectivity index (χ0) is 23.8. The van der Waals surface area contributed by atoms with Crippen molar-refractivity contribution in [1.82, 2.24) is 15.6 Å². The molecule has 1 aromatic carbocycles. The molecule has 1 aromatic heterocycles. The Kier molecular flexibility index (Phi) is 8.76. The second-order valence-electron chi connectivity index (χ2n) is 7.58. The van der Waals surface area contributed by atoms with Gasteiger partial charge < -0.3 is 20.1 Å². The summed E-state index contributed by atoms with van der Waals surface area (Å²) in [6.45, 7) is -2.97. The van der Waals surface area contributed by atoms with Gasteiger partial charge in [-0.2, -0.15) is 8.78 Å². The lowest BCUT2D eigenvalue weighted by Crippen LogP contribution is -2.42. The van der Waals surface area contributed by atoms with Gasteiger partial charge in [-0.15, -0.1) is 0 Å². The van der Waals surface area contributed by atoms with E-state index in [0.29, 0.717) is 31.2 Å². The molecule has 1 fully saturated rings. The Hall–Kier alpha value is -3.01. The number of alkyl halides is 2. The molecule has 7 nitrogen and oxygen atoms in total. The average molecular weight is 486 g/mol. The zero-order valence-corrected chi connectivity index (χ0v) is 18.3. The van der Waals surface area contributed by atoms with E-state index in [4.69, 9.17) is 16.3 Å². The highest BCUT2D eigenvalue weighted by Gasteiger charge is 2.27. The summed E-state index contributed by atoms with van der Waals surface area (Å²) < 4.78 is 47.2. The molecular formula is C22H23ClF3N3O4. The molecule has 0 bridgehead atoms. The van der Waals surface area contributed by atoms with Crippen LogP contribution >= 0.6 is 11.6 Å². The van der Waals surface area contributed by atoms with E-state index in [1.165, 1.54) is 24.4 Å². The van der Waals surface area contributed by atoms with Crippen LogP contribution in [0.25, 0.3) is 0 Å². The van der Waals surface area contributed by atoms with Gasteiger partial charge in [0.25, 0.3) is 5.91 Å². The predicted octanol–water partition coefficient (Wildman–Crippen LogP) is 3.85. The molecule has 0 saturated heterocycles. The van der Waals surface area contributed by atoms with Crippen LogP contribution < -0.4 is 20.1 Å². The summed E-state index contributed by atoms with van der Waals surface area (Å²) in [6, 6.07) is 6.74. The highest BCUT2D eigenvalue weighted by atomic mass is 35.5. The van der Waals surface area contributed by atoms with Crippen molar-refractivity contribution in [2.45, 2.75) is 44.9 Å². The molecule has 2 amide bonds. The Balaban J connectivity index is 1.35. The fourth-order valence-corrected chi connectivity index (χ4v) is 3.61. The van der Waals surface area contributed by atoms with E-state index < -0.39 is 12.4 Å². The number of amides is 2. The van der Waals surface area contributed by atoms with E-state index in [1.54, 1.807) is 6.07 Å². The summed E-state index contributed by atoms with van der Waals surface area (Å²) in [4.78, 5) is 28.3. The van der Waals surface area contributed by atoms with Gasteiger partial charge in [-0.25, -0.2) is 9.37 Å². The number of nitrogens with zero attached hydrogens (tertiary/aromatic N) is 1. The number of nitrogens with one attached hydrogen (secondary N) is 2. The van der Waals surface area contributed by atoms with Crippen LogP contribution in [0.2, 0.25) is 5.02 Å². The van der Waals surface area contributed by atoms with E-state index in [-0.39, 0.29) is 53.6 Å². The summed E-state index contributed by atoms with van der Waals surface area (Å²) in [7, 11) is 0. The molecular weight excluding hydrogens is 463 g/mol. The van der Waals surface area contributed by atoms with Crippen molar-refractivity contribution in [2.75, 3.05) is 6.61 Å². The Morgan fingerprint density at radius 2 is 1.91 bits per heavy atom. The van der Waals surface area contributed by atoms with Crippen molar-refractivity contribution in [2.24, 2.45) is 5.92 Å². The predicted molar refractivity (Wildman–Crippen MR) is 114 cm³/mol. The number of benzene rings is 1. The van der Waals surface area contributed by atoms with Crippen molar-refractivity contribution in [3.63, 3.8) is 0 Å².